The highest BCUT2D eigenvalue weighted by Crippen LogP contribution is 2.33. The molecule has 0 aliphatic carbocycles. The van der Waals surface area contributed by atoms with Gasteiger partial charge in [-0.25, -0.2) is 0 Å². The number of rotatable bonds is 21. The molecule has 2 rings (SSSR count). The van der Waals surface area contributed by atoms with E-state index in [-0.39, 0.29) is 35.5 Å². The Morgan fingerprint density at radius 2 is 0.917 bits per heavy atom. The molecular formula is C38H58N4O6. The highest BCUT2D eigenvalue weighted by molar-refractivity contribution is 6.07. The standard InChI is InChI=1S/C38H58N4O6/c1-5-9-13-15-20-28-22-18-24-30(43)32(28)34(45)39-41-36(47)38(26-12-8-4,27-17-11-7-3)37(48)42-40-35(46)33-29(21-16-14-10-6-2)23-19-25-31(33)44/h18-19,22-25,43-44H,5-17,20-21,26-27H2,1-4H3,(H,39,45)(H,40,46)(H,41,47)(H,42,48). The van der Waals surface area contributed by atoms with Crippen LogP contribution < -0.4 is 21.7 Å². The molecule has 0 fully saturated rings. The lowest BCUT2D eigenvalue weighted by Gasteiger charge is -2.31. The first kappa shape index (κ1) is 40.1. The van der Waals surface area contributed by atoms with E-state index in [0.717, 1.165) is 64.2 Å². The Morgan fingerprint density at radius 3 is 1.33 bits per heavy atom. The molecule has 0 spiro atoms. The molecule has 0 atom stereocenters. The van der Waals surface area contributed by atoms with Crippen LogP contribution in [0, 0.1) is 5.41 Å². The van der Waals surface area contributed by atoms with Crippen LogP contribution in [0.15, 0.2) is 36.4 Å². The minimum atomic E-state index is -1.60. The van der Waals surface area contributed by atoms with E-state index in [9.17, 15) is 29.4 Å². The van der Waals surface area contributed by atoms with Crippen LogP contribution in [0.25, 0.3) is 0 Å². The predicted octanol–water partition coefficient (Wildman–Crippen LogP) is 7.32. The number of aromatic hydroxyl groups is 2. The fraction of sp³-hybridized carbons (Fsp3) is 0.579. The van der Waals surface area contributed by atoms with Crippen LogP contribution >= 0.6 is 0 Å². The lowest BCUT2D eigenvalue weighted by molar-refractivity contribution is -0.146. The van der Waals surface area contributed by atoms with E-state index in [0.29, 0.717) is 43.2 Å². The highest BCUT2D eigenvalue weighted by Gasteiger charge is 2.45. The fourth-order valence-corrected chi connectivity index (χ4v) is 6.03. The maximum atomic E-state index is 13.9. The van der Waals surface area contributed by atoms with Crippen molar-refractivity contribution in [1.29, 1.82) is 0 Å². The number of carbonyl (C=O) groups excluding carboxylic acids is 4. The van der Waals surface area contributed by atoms with Crippen molar-refractivity contribution in [3.05, 3.63) is 58.7 Å². The van der Waals surface area contributed by atoms with Gasteiger partial charge in [0, 0.05) is 0 Å². The van der Waals surface area contributed by atoms with Crippen molar-refractivity contribution in [3.63, 3.8) is 0 Å². The smallest absolute Gasteiger partial charge is 0.273 e. The third kappa shape index (κ3) is 11.9. The summed E-state index contributed by atoms with van der Waals surface area (Å²) in [7, 11) is 0. The molecule has 0 saturated heterocycles. The quantitative estimate of drug-likeness (QED) is 0.0466. The van der Waals surface area contributed by atoms with E-state index in [1.807, 2.05) is 13.8 Å². The van der Waals surface area contributed by atoms with Gasteiger partial charge in [-0.3, -0.25) is 40.9 Å². The average Bonchev–Trinajstić information content (AvgIpc) is 3.07. The SMILES string of the molecule is CCCCCCc1cccc(O)c1C(=O)NNC(=O)C(CCCC)(CCCCC)C(=O)NNC(=O)c1c(O)cccc1CCCCCC. The summed E-state index contributed by atoms with van der Waals surface area (Å²) in [6.45, 7) is 8.21. The normalized spacial score (nSPS) is 11.2. The maximum absolute atomic E-state index is 13.9. The molecule has 0 aliphatic heterocycles. The Hall–Kier alpha value is -4.08. The zero-order valence-electron chi connectivity index (χ0n) is 29.5. The topological polar surface area (TPSA) is 157 Å². The molecule has 6 N–H and O–H groups in total. The molecule has 10 nitrogen and oxygen atoms in total. The van der Waals surface area contributed by atoms with E-state index in [1.165, 1.54) is 12.1 Å². The Balaban J connectivity index is 2.28. The number of hydrazine groups is 2. The molecule has 0 unspecified atom stereocenters. The van der Waals surface area contributed by atoms with Gasteiger partial charge in [0.2, 0.25) is 0 Å². The lowest BCUT2D eigenvalue weighted by atomic mass is 9.76. The number of aryl methyl sites for hydroxylation is 2. The van der Waals surface area contributed by atoms with Crippen LogP contribution in [-0.2, 0) is 22.4 Å². The number of phenols is 2. The minimum absolute atomic E-state index is 0.0873. The molecule has 0 aromatic heterocycles. The first-order valence-corrected chi connectivity index (χ1v) is 18.0. The monoisotopic (exact) mass is 666 g/mol. The second-order valence-electron chi connectivity index (χ2n) is 12.7. The van der Waals surface area contributed by atoms with E-state index in [4.69, 9.17) is 0 Å². The van der Waals surface area contributed by atoms with E-state index in [1.54, 1.807) is 24.3 Å². The van der Waals surface area contributed by atoms with Crippen molar-refractivity contribution in [2.24, 2.45) is 5.41 Å². The Morgan fingerprint density at radius 1 is 0.521 bits per heavy atom. The number of phenolic OH excluding ortho intramolecular Hbond substituents is 2. The number of benzene rings is 2. The maximum Gasteiger partial charge on any atom is 0.273 e. The van der Waals surface area contributed by atoms with Gasteiger partial charge in [0.15, 0.2) is 0 Å². The van der Waals surface area contributed by atoms with Gasteiger partial charge in [0.1, 0.15) is 16.9 Å². The summed E-state index contributed by atoms with van der Waals surface area (Å²) in [5, 5.41) is 21.1. The third-order valence-electron chi connectivity index (χ3n) is 8.92. The van der Waals surface area contributed by atoms with Gasteiger partial charge in [0.25, 0.3) is 23.6 Å². The average molecular weight is 667 g/mol. The van der Waals surface area contributed by atoms with Crippen molar-refractivity contribution in [2.45, 2.75) is 137 Å². The molecule has 0 radical (unpaired) electrons. The Labute approximate surface area is 286 Å². The number of nitrogens with one attached hydrogen (secondary N) is 4. The summed E-state index contributed by atoms with van der Waals surface area (Å²) in [4.78, 5) is 54.6. The van der Waals surface area contributed by atoms with Crippen LogP contribution in [0.5, 0.6) is 11.5 Å². The van der Waals surface area contributed by atoms with Crippen LogP contribution in [0.2, 0.25) is 0 Å². The second-order valence-corrected chi connectivity index (χ2v) is 12.7. The lowest BCUT2D eigenvalue weighted by Crippen LogP contribution is -2.58. The van der Waals surface area contributed by atoms with Gasteiger partial charge in [-0.15, -0.1) is 0 Å². The molecule has 2 aromatic carbocycles. The number of amides is 4. The van der Waals surface area contributed by atoms with Crippen LogP contribution in [-0.4, -0.2) is 33.8 Å². The van der Waals surface area contributed by atoms with Gasteiger partial charge in [0.05, 0.1) is 11.1 Å². The zero-order valence-corrected chi connectivity index (χ0v) is 29.5. The van der Waals surface area contributed by atoms with Gasteiger partial charge >= 0.3 is 0 Å². The molecule has 0 bridgehead atoms. The Kier molecular flexibility index (Phi) is 18.1. The molecular weight excluding hydrogens is 608 g/mol. The summed E-state index contributed by atoms with van der Waals surface area (Å²) in [5.74, 6) is -3.14. The number of hydrogen-bond donors (Lipinski definition) is 6. The molecule has 2 aromatic rings. The molecule has 0 aliphatic rings. The predicted molar refractivity (Wildman–Crippen MR) is 189 cm³/mol. The van der Waals surface area contributed by atoms with Crippen molar-refractivity contribution in [2.75, 3.05) is 0 Å². The highest BCUT2D eigenvalue weighted by atomic mass is 16.3. The summed E-state index contributed by atoms with van der Waals surface area (Å²) < 4.78 is 0. The molecule has 0 heterocycles. The summed E-state index contributed by atoms with van der Waals surface area (Å²) in [6, 6.07) is 9.81. The molecule has 0 saturated carbocycles. The number of unbranched alkanes of at least 4 members (excludes halogenated alkanes) is 9. The summed E-state index contributed by atoms with van der Waals surface area (Å²) in [6.07, 6.45) is 13.1. The Bertz CT molecular complexity index is 1240. The first-order chi connectivity index (χ1) is 23.2. The molecule has 10 heteroatoms. The third-order valence-corrected chi connectivity index (χ3v) is 8.92. The first-order valence-electron chi connectivity index (χ1n) is 18.0. The largest absolute Gasteiger partial charge is 0.507 e. The van der Waals surface area contributed by atoms with Crippen LogP contribution in [0.4, 0.5) is 0 Å². The van der Waals surface area contributed by atoms with Crippen molar-refractivity contribution >= 4 is 23.6 Å². The molecule has 4 amide bonds. The second kappa shape index (κ2) is 21.7. The van der Waals surface area contributed by atoms with E-state index in [2.05, 4.69) is 35.6 Å². The van der Waals surface area contributed by atoms with Gasteiger partial charge in [-0.05, 0) is 61.8 Å². The van der Waals surface area contributed by atoms with E-state index >= 15 is 0 Å². The zero-order chi connectivity index (χ0) is 35.4. The summed E-state index contributed by atoms with van der Waals surface area (Å²) >= 11 is 0. The van der Waals surface area contributed by atoms with Crippen LogP contribution in [0.3, 0.4) is 0 Å². The number of carbonyl (C=O) groups is 4. The van der Waals surface area contributed by atoms with Crippen LogP contribution in [0.1, 0.15) is 156 Å². The van der Waals surface area contributed by atoms with Crippen molar-refractivity contribution in [3.8, 4) is 11.5 Å². The van der Waals surface area contributed by atoms with E-state index < -0.39 is 29.0 Å². The van der Waals surface area contributed by atoms with Gasteiger partial charge in [-0.2, -0.15) is 0 Å². The van der Waals surface area contributed by atoms with Gasteiger partial charge < -0.3 is 10.2 Å². The van der Waals surface area contributed by atoms with Gasteiger partial charge in [-0.1, -0.05) is 123 Å². The molecule has 266 valence electrons. The minimum Gasteiger partial charge on any atom is -0.507 e. The summed E-state index contributed by atoms with van der Waals surface area (Å²) in [5.41, 5.74) is 9.76. The number of hydrogen-bond acceptors (Lipinski definition) is 6. The fourth-order valence-electron chi connectivity index (χ4n) is 6.03. The molecule has 48 heavy (non-hydrogen) atoms. The van der Waals surface area contributed by atoms with Crippen molar-refractivity contribution < 1.29 is 29.4 Å². The van der Waals surface area contributed by atoms with Crippen molar-refractivity contribution in [1.82, 2.24) is 21.7 Å².